The first-order valence-corrected chi connectivity index (χ1v) is 5.05. The van der Waals surface area contributed by atoms with Gasteiger partial charge in [0.1, 0.15) is 6.04 Å². The van der Waals surface area contributed by atoms with Gasteiger partial charge in [0.05, 0.1) is 3.92 Å². The van der Waals surface area contributed by atoms with Gasteiger partial charge in [-0.2, -0.15) is 0 Å². The van der Waals surface area contributed by atoms with Crippen molar-refractivity contribution in [3.63, 3.8) is 0 Å². The number of hydrogen-bond acceptors (Lipinski definition) is 2. The van der Waals surface area contributed by atoms with Crippen molar-refractivity contribution >= 4 is 28.6 Å². The number of alkyl halides is 1. The van der Waals surface area contributed by atoms with Crippen LogP contribution in [0, 0.1) is 0 Å². The second-order valence-electron chi connectivity index (χ2n) is 2.68. The molecule has 0 radical (unpaired) electrons. The Kier molecular flexibility index (Phi) is 3.68. The van der Waals surface area contributed by atoms with Crippen LogP contribution in [0.3, 0.4) is 0 Å². The van der Waals surface area contributed by atoms with Gasteiger partial charge in [-0.15, -0.1) is 0 Å². The predicted octanol–water partition coefficient (Wildman–Crippen LogP) is 1.57. The summed E-state index contributed by atoms with van der Waals surface area (Å²) in [6, 6.07) is 8.53. The van der Waals surface area contributed by atoms with E-state index in [0.717, 1.165) is 5.56 Å². The largest absolute Gasteiger partial charge is 0.480 e. The zero-order valence-corrected chi connectivity index (χ0v) is 9.01. The van der Waals surface area contributed by atoms with Crippen LogP contribution in [-0.2, 0) is 4.79 Å². The molecule has 4 heteroatoms. The highest BCUT2D eigenvalue weighted by atomic mass is 127. The molecule has 3 nitrogen and oxygen atoms in total. The van der Waals surface area contributed by atoms with Crippen molar-refractivity contribution in [1.82, 2.24) is 0 Å². The molecule has 0 fully saturated rings. The Morgan fingerprint density at radius 1 is 1.38 bits per heavy atom. The molecule has 0 aliphatic carbocycles. The minimum atomic E-state index is -0.969. The van der Waals surface area contributed by atoms with Crippen molar-refractivity contribution in [2.45, 2.75) is 9.97 Å². The number of carboxylic acids is 1. The van der Waals surface area contributed by atoms with Gasteiger partial charge in [-0.3, -0.25) is 4.79 Å². The number of carboxylic acid groups (broad SMARTS) is 1. The van der Waals surface area contributed by atoms with Crippen molar-refractivity contribution < 1.29 is 9.90 Å². The van der Waals surface area contributed by atoms with Crippen molar-refractivity contribution in [3.8, 4) is 0 Å². The van der Waals surface area contributed by atoms with Crippen LogP contribution in [0.1, 0.15) is 9.49 Å². The highest BCUT2D eigenvalue weighted by molar-refractivity contribution is 14.1. The van der Waals surface area contributed by atoms with Gasteiger partial charge < -0.3 is 10.8 Å². The number of aliphatic carboxylic acids is 1. The maximum atomic E-state index is 10.6. The van der Waals surface area contributed by atoms with E-state index in [0.29, 0.717) is 0 Å². The van der Waals surface area contributed by atoms with Crippen LogP contribution < -0.4 is 5.73 Å². The number of rotatable bonds is 3. The molecule has 2 atom stereocenters. The lowest BCUT2D eigenvalue weighted by Gasteiger charge is -2.13. The summed E-state index contributed by atoms with van der Waals surface area (Å²) in [6.07, 6.45) is 0. The quantitative estimate of drug-likeness (QED) is 0.656. The maximum Gasteiger partial charge on any atom is 0.321 e. The normalized spacial score (nSPS) is 14.9. The third-order valence-electron chi connectivity index (χ3n) is 1.72. The summed E-state index contributed by atoms with van der Waals surface area (Å²) in [7, 11) is 0. The van der Waals surface area contributed by atoms with Gasteiger partial charge in [0.2, 0.25) is 0 Å². The van der Waals surface area contributed by atoms with Gasteiger partial charge in [0.15, 0.2) is 0 Å². The maximum absolute atomic E-state index is 10.6. The lowest BCUT2D eigenvalue weighted by Crippen LogP contribution is -2.33. The molecule has 0 spiro atoms. The molecule has 70 valence electrons. The van der Waals surface area contributed by atoms with Crippen LogP contribution >= 0.6 is 22.6 Å². The fourth-order valence-corrected chi connectivity index (χ4v) is 1.69. The number of carbonyl (C=O) groups is 1. The topological polar surface area (TPSA) is 63.3 Å². The van der Waals surface area contributed by atoms with Gasteiger partial charge in [-0.25, -0.2) is 0 Å². The van der Waals surface area contributed by atoms with Crippen LogP contribution in [0.25, 0.3) is 0 Å². The highest BCUT2D eigenvalue weighted by Gasteiger charge is 2.22. The average molecular weight is 291 g/mol. The van der Waals surface area contributed by atoms with Gasteiger partial charge in [-0.05, 0) is 5.56 Å². The standard InChI is InChI=1S/C9H10INO2/c10-7(8(11)9(12)13)6-4-2-1-3-5-6/h1-5,7-8H,11H2,(H,12,13)/t7?,8-/m1/s1. The number of halogens is 1. The van der Waals surface area contributed by atoms with E-state index in [-0.39, 0.29) is 3.92 Å². The molecule has 0 aliphatic rings. The first kappa shape index (κ1) is 10.5. The van der Waals surface area contributed by atoms with Gasteiger partial charge >= 0.3 is 5.97 Å². The smallest absolute Gasteiger partial charge is 0.321 e. The Labute approximate surface area is 90.1 Å². The summed E-state index contributed by atoms with van der Waals surface area (Å²) in [5.41, 5.74) is 6.43. The van der Waals surface area contributed by atoms with E-state index in [1.165, 1.54) is 0 Å². The molecule has 1 aromatic rings. The molecule has 0 saturated heterocycles. The first-order chi connectivity index (χ1) is 6.13. The minimum Gasteiger partial charge on any atom is -0.480 e. The van der Waals surface area contributed by atoms with E-state index in [2.05, 4.69) is 0 Å². The summed E-state index contributed by atoms with van der Waals surface area (Å²) < 4.78 is -0.184. The van der Waals surface area contributed by atoms with Crippen molar-refractivity contribution in [2.24, 2.45) is 5.73 Å². The van der Waals surface area contributed by atoms with Gasteiger partial charge in [-0.1, -0.05) is 52.9 Å². The Hall–Kier alpha value is -0.620. The highest BCUT2D eigenvalue weighted by Crippen LogP contribution is 2.25. The fraction of sp³-hybridized carbons (Fsp3) is 0.222. The minimum absolute atomic E-state index is 0.184. The van der Waals surface area contributed by atoms with Crippen LogP contribution in [0.15, 0.2) is 30.3 Å². The van der Waals surface area contributed by atoms with E-state index in [9.17, 15) is 4.79 Å². The SMILES string of the molecule is N[C@@H](C(=O)O)C(I)c1ccccc1. The summed E-state index contributed by atoms with van der Waals surface area (Å²) in [6.45, 7) is 0. The van der Waals surface area contributed by atoms with Crippen molar-refractivity contribution in [1.29, 1.82) is 0 Å². The van der Waals surface area contributed by atoms with Crippen LogP contribution in [0.5, 0.6) is 0 Å². The summed E-state index contributed by atoms with van der Waals surface area (Å²) >= 11 is 2.04. The molecule has 0 saturated carbocycles. The van der Waals surface area contributed by atoms with E-state index in [4.69, 9.17) is 10.8 Å². The second-order valence-corrected chi connectivity index (χ2v) is 4.02. The monoisotopic (exact) mass is 291 g/mol. The molecule has 1 rings (SSSR count). The van der Waals surface area contributed by atoms with Crippen molar-refractivity contribution in [2.75, 3.05) is 0 Å². The Balaban J connectivity index is 2.79. The second kappa shape index (κ2) is 4.57. The number of nitrogens with two attached hydrogens (primary N) is 1. The third-order valence-corrected chi connectivity index (χ3v) is 3.21. The van der Waals surface area contributed by atoms with Gasteiger partial charge in [0.25, 0.3) is 0 Å². The summed E-state index contributed by atoms with van der Waals surface area (Å²) in [5, 5.41) is 8.68. The van der Waals surface area contributed by atoms with Crippen molar-refractivity contribution in [3.05, 3.63) is 35.9 Å². The zero-order valence-electron chi connectivity index (χ0n) is 6.85. The van der Waals surface area contributed by atoms with Crippen LogP contribution in [0.4, 0.5) is 0 Å². The van der Waals surface area contributed by atoms with E-state index in [1.54, 1.807) is 0 Å². The third kappa shape index (κ3) is 2.67. The zero-order chi connectivity index (χ0) is 9.84. The summed E-state index contributed by atoms with van der Waals surface area (Å²) in [5.74, 6) is -0.969. The molecule has 0 aromatic heterocycles. The summed E-state index contributed by atoms with van der Waals surface area (Å²) in [4.78, 5) is 10.6. The van der Waals surface area contributed by atoms with E-state index < -0.39 is 12.0 Å². The Morgan fingerprint density at radius 3 is 2.38 bits per heavy atom. The average Bonchev–Trinajstić information content (AvgIpc) is 2.17. The number of hydrogen-bond donors (Lipinski definition) is 2. The molecular weight excluding hydrogens is 281 g/mol. The van der Waals surface area contributed by atoms with E-state index in [1.807, 2.05) is 52.9 Å². The van der Waals surface area contributed by atoms with Gasteiger partial charge in [0, 0.05) is 0 Å². The molecule has 0 heterocycles. The first-order valence-electron chi connectivity index (χ1n) is 3.80. The molecule has 13 heavy (non-hydrogen) atoms. The number of benzene rings is 1. The lowest BCUT2D eigenvalue weighted by molar-refractivity contribution is -0.138. The molecule has 0 bridgehead atoms. The Bertz CT molecular complexity index is 289. The van der Waals surface area contributed by atoms with Crippen LogP contribution in [-0.4, -0.2) is 17.1 Å². The molecule has 0 amide bonds. The molecule has 0 aliphatic heterocycles. The fourth-order valence-electron chi connectivity index (χ4n) is 0.969. The molecular formula is C9H10INO2. The molecule has 3 N–H and O–H groups in total. The molecule has 1 unspecified atom stereocenters. The van der Waals surface area contributed by atoms with E-state index >= 15 is 0 Å². The Morgan fingerprint density at radius 2 is 1.92 bits per heavy atom. The molecule has 1 aromatic carbocycles. The lowest BCUT2D eigenvalue weighted by atomic mass is 10.1. The van der Waals surface area contributed by atoms with Crippen LogP contribution in [0.2, 0.25) is 0 Å². The predicted molar refractivity (Wildman–Crippen MR) is 58.8 cm³/mol.